The molecule has 0 spiro atoms. The molecule has 2 aromatic heterocycles. The number of nitrogens with zero attached hydrogens (tertiary/aromatic N) is 3. The molecule has 1 atom stereocenters. The monoisotopic (exact) mass is 535 g/mol. The molecule has 0 saturated heterocycles. The number of aromatic carboxylic acids is 1. The highest BCUT2D eigenvalue weighted by atomic mass is 32.1. The second-order valence-electron chi connectivity index (χ2n) is 8.35. The van der Waals surface area contributed by atoms with E-state index in [0.29, 0.717) is 29.7 Å². The van der Waals surface area contributed by atoms with Gasteiger partial charge in [-0.2, -0.15) is 0 Å². The molecule has 1 aliphatic rings. The van der Waals surface area contributed by atoms with Gasteiger partial charge in [-0.25, -0.2) is 24.1 Å². The fraction of sp³-hybridized carbons (Fsp3) is 0.192. The summed E-state index contributed by atoms with van der Waals surface area (Å²) in [5.41, 5.74) is 1.35. The average Bonchev–Trinajstić information content (AvgIpc) is 3.41. The minimum Gasteiger partial charge on any atom is -0.482 e. The molecule has 0 aliphatic carbocycles. The third-order valence-electron chi connectivity index (χ3n) is 5.81. The van der Waals surface area contributed by atoms with Crippen LogP contribution in [0.15, 0.2) is 60.4 Å². The standard InChI is InChI=1S/C26H22FN5O5S/c27-19-11-16(2-3-17(19)25(34)35)37-22-12-18-15(10-21(22)36-14-23-29-5-1-6-30-23)4-7-28-20(18)13-24(33)32-26-31-8-9-38-26/h1-3,5-6,8-12,20,28H,4,7,13-14H2,(H,34,35)(H,31,32,33)/t20-/m1/s1. The van der Waals surface area contributed by atoms with Gasteiger partial charge in [0.1, 0.15) is 18.2 Å². The first-order valence-corrected chi connectivity index (χ1v) is 12.5. The lowest BCUT2D eigenvalue weighted by molar-refractivity contribution is -0.116. The molecule has 0 saturated carbocycles. The van der Waals surface area contributed by atoms with Crippen LogP contribution in [0.3, 0.4) is 0 Å². The number of hydrogen-bond donors (Lipinski definition) is 3. The molecule has 0 bridgehead atoms. The van der Waals surface area contributed by atoms with Crippen LogP contribution in [0.1, 0.15) is 39.8 Å². The van der Waals surface area contributed by atoms with Gasteiger partial charge in [0.25, 0.3) is 0 Å². The molecule has 12 heteroatoms. The second kappa shape index (κ2) is 11.3. The Hall–Kier alpha value is -4.42. The molecular weight excluding hydrogens is 513 g/mol. The largest absolute Gasteiger partial charge is 0.482 e. The van der Waals surface area contributed by atoms with E-state index in [1.165, 1.54) is 17.4 Å². The molecule has 194 valence electrons. The summed E-state index contributed by atoms with van der Waals surface area (Å²) in [6.45, 7) is 0.728. The first kappa shape index (κ1) is 25.2. The van der Waals surface area contributed by atoms with Crippen LogP contribution in [0, 0.1) is 5.82 Å². The zero-order valence-corrected chi connectivity index (χ0v) is 20.7. The third kappa shape index (κ3) is 5.93. The molecule has 0 unspecified atom stereocenters. The molecule has 5 rings (SSSR count). The summed E-state index contributed by atoms with van der Waals surface area (Å²) in [7, 11) is 0. The Labute approximate surface area is 220 Å². The highest BCUT2D eigenvalue weighted by Crippen LogP contribution is 2.39. The number of benzene rings is 2. The Morgan fingerprint density at radius 3 is 2.71 bits per heavy atom. The van der Waals surface area contributed by atoms with Gasteiger partial charge in [0.05, 0.1) is 5.56 Å². The summed E-state index contributed by atoms with van der Waals surface area (Å²) in [5.74, 6) is -1.28. The summed E-state index contributed by atoms with van der Waals surface area (Å²) in [4.78, 5) is 36.3. The number of aromatic nitrogens is 3. The first-order chi connectivity index (χ1) is 18.5. The Balaban J connectivity index is 1.44. The summed E-state index contributed by atoms with van der Waals surface area (Å²) < 4.78 is 26.3. The van der Waals surface area contributed by atoms with E-state index in [4.69, 9.17) is 14.6 Å². The van der Waals surface area contributed by atoms with Crippen LogP contribution in [-0.2, 0) is 17.8 Å². The molecule has 2 aromatic carbocycles. The molecule has 38 heavy (non-hydrogen) atoms. The van der Waals surface area contributed by atoms with E-state index in [1.807, 2.05) is 6.07 Å². The SMILES string of the molecule is O=C(C[C@H]1NCCc2cc(OCc3ncccn3)c(Oc3ccc(C(=O)O)c(F)c3)cc21)Nc1nccs1. The zero-order valence-electron chi connectivity index (χ0n) is 19.9. The van der Waals surface area contributed by atoms with Crippen LogP contribution in [0.2, 0.25) is 0 Å². The zero-order chi connectivity index (χ0) is 26.5. The number of thiazole rings is 1. The highest BCUT2D eigenvalue weighted by molar-refractivity contribution is 7.13. The van der Waals surface area contributed by atoms with Crippen LogP contribution in [-0.4, -0.2) is 38.5 Å². The fourth-order valence-electron chi connectivity index (χ4n) is 4.07. The Morgan fingerprint density at radius 2 is 1.97 bits per heavy atom. The first-order valence-electron chi connectivity index (χ1n) is 11.6. The quantitative estimate of drug-likeness (QED) is 0.286. The predicted molar refractivity (Wildman–Crippen MR) is 136 cm³/mol. The number of carbonyl (C=O) groups is 2. The normalized spacial score (nSPS) is 14.4. The van der Waals surface area contributed by atoms with E-state index in [0.717, 1.165) is 23.3 Å². The van der Waals surface area contributed by atoms with Crippen molar-refractivity contribution in [2.75, 3.05) is 11.9 Å². The number of carboxylic acids is 1. The molecule has 3 N–H and O–H groups in total. The highest BCUT2D eigenvalue weighted by Gasteiger charge is 2.26. The summed E-state index contributed by atoms with van der Waals surface area (Å²) in [6, 6.07) is 8.49. The van der Waals surface area contributed by atoms with Gasteiger partial charge >= 0.3 is 5.97 Å². The molecule has 4 aromatic rings. The average molecular weight is 536 g/mol. The number of amides is 1. The van der Waals surface area contributed by atoms with Crippen molar-refractivity contribution in [2.24, 2.45) is 0 Å². The van der Waals surface area contributed by atoms with Gasteiger partial charge in [-0.05, 0) is 54.4 Å². The maximum absolute atomic E-state index is 14.3. The van der Waals surface area contributed by atoms with Crippen LogP contribution < -0.4 is 20.1 Å². The number of anilines is 1. The third-order valence-corrected chi connectivity index (χ3v) is 6.50. The van der Waals surface area contributed by atoms with Crippen molar-refractivity contribution in [3.05, 3.63) is 88.7 Å². The van der Waals surface area contributed by atoms with E-state index < -0.39 is 17.3 Å². The van der Waals surface area contributed by atoms with E-state index >= 15 is 0 Å². The van der Waals surface area contributed by atoms with Crippen molar-refractivity contribution in [3.63, 3.8) is 0 Å². The van der Waals surface area contributed by atoms with E-state index in [9.17, 15) is 14.0 Å². The predicted octanol–water partition coefficient (Wildman–Crippen LogP) is 4.36. The number of halogens is 1. The van der Waals surface area contributed by atoms with E-state index in [-0.39, 0.29) is 36.5 Å². The van der Waals surface area contributed by atoms with E-state index in [1.54, 1.807) is 36.1 Å². The number of hydrogen-bond acceptors (Lipinski definition) is 9. The van der Waals surface area contributed by atoms with Gasteiger partial charge in [-0.1, -0.05) is 0 Å². The fourth-order valence-corrected chi connectivity index (χ4v) is 4.62. The maximum Gasteiger partial charge on any atom is 0.338 e. The minimum atomic E-state index is -1.38. The van der Waals surface area contributed by atoms with Gasteiger partial charge in [0.2, 0.25) is 5.91 Å². The Bertz CT molecular complexity index is 1450. The molecular formula is C26H22FN5O5S. The summed E-state index contributed by atoms with van der Waals surface area (Å²) in [6.07, 6.45) is 5.68. The number of rotatable bonds is 9. The van der Waals surface area contributed by atoms with Crippen LogP contribution in [0.25, 0.3) is 0 Å². The smallest absolute Gasteiger partial charge is 0.338 e. The Morgan fingerprint density at radius 1 is 1.13 bits per heavy atom. The lowest BCUT2D eigenvalue weighted by atomic mass is 9.91. The number of fused-ring (bicyclic) bond motifs is 1. The minimum absolute atomic E-state index is 0.0696. The molecule has 3 heterocycles. The van der Waals surface area contributed by atoms with Crippen LogP contribution in [0.5, 0.6) is 17.2 Å². The summed E-state index contributed by atoms with van der Waals surface area (Å²) >= 11 is 1.33. The second-order valence-corrected chi connectivity index (χ2v) is 9.24. The van der Waals surface area contributed by atoms with Crippen LogP contribution >= 0.6 is 11.3 Å². The molecule has 1 amide bonds. The molecule has 1 aliphatic heterocycles. The van der Waals surface area contributed by atoms with Crippen molar-refractivity contribution in [3.8, 4) is 17.2 Å². The Kier molecular flexibility index (Phi) is 7.52. The lowest BCUT2D eigenvalue weighted by Gasteiger charge is -2.28. The number of carbonyl (C=O) groups excluding carboxylic acids is 1. The summed E-state index contributed by atoms with van der Waals surface area (Å²) in [5, 5.41) is 17.6. The van der Waals surface area contributed by atoms with Crippen LogP contribution in [0.4, 0.5) is 9.52 Å². The van der Waals surface area contributed by atoms with Crippen molar-refractivity contribution < 1.29 is 28.6 Å². The lowest BCUT2D eigenvalue weighted by Crippen LogP contribution is -2.32. The van der Waals surface area contributed by atoms with Crippen molar-refractivity contribution in [1.82, 2.24) is 20.3 Å². The van der Waals surface area contributed by atoms with Gasteiger partial charge in [-0.3, -0.25) is 4.79 Å². The van der Waals surface area contributed by atoms with Gasteiger partial charge in [0, 0.05) is 42.5 Å². The maximum atomic E-state index is 14.3. The number of nitrogens with one attached hydrogen (secondary N) is 2. The number of carboxylic acid groups (broad SMARTS) is 1. The number of ether oxygens (including phenoxy) is 2. The molecule has 0 radical (unpaired) electrons. The topological polar surface area (TPSA) is 136 Å². The van der Waals surface area contributed by atoms with Gasteiger partial charge in [-0.15, -0.1) is 11.3 Å². The molecule has 0 fully saturated rings. The van der Waals surface area contributed by atoms with Crippen molar-refractivity contribution in [1.29, 1.82) is 0 Å². The van der Waals surface area contributed by atoms with Crippen molar-refractivity contribution in [2.45, 2.75) is 25.5 Å². The van der Waals surface area contributed by atoms with Gasteiger partial charge < -0.3 is 25.2 Å². The van der Waals surface area contributed by atoms with Gasteiger partial charge in [0.15, 0.2) is 22.5 Å². The van der Waals surface area contributed by atoms with Crippen molar-refractivity contribution >= 4 is 28.3 Å². The molecule has 10 nitrogen and oxygen atoms in total. The van der Waals surface area contributed by atoms with E-state index in [2.05, 4.69) is 25.6 Å².